The quantitative estimate of drug-likeness (QED) is 0.378. The van der Waals surface area contributed by atoms with Gasteiger partial charge in [-0.2, -0.15) is 0 Å². The highest BCUT2D eigenvalue weighted by Gasteiger charge is 1.80. The Bertz CT molecular complexity index is 171. The third-order valence-electron chi connectivity index (χ3n) is 1.77. The summed E-state index contributed by atoms with van der Waals surface area (Å²) >= 11 is 0. The molecule has 0 aliphatic carbocycles. The average molecular weight is 180 g/mol. The molecule has 0 aromatic carbocycles. The van der Waals surface area contributed by atoms with Gasteiger partial charge in [0.25, 0.3) is 0 Å². The Morgan fingerprint density at radius 2 is 1.77 bits per heavy atom. The van der Waals surface area contributed by atoms with Gasteiger partial charge in [-0.25, -0.2) is 0 Å². The Morgan fingerprint density at radius 3 is 2.38 bits per heavy atom. The number of hydrogen-bond acceptors (Lipinski definition) is 1. The largest absolute Gasteiger partial charge is 0.384 e. The zero-order chi connectivity index (χ0) is 9.78. The van der Waals surface area contributed by atoms with Gasteiger partial charge in [0.05, 0.1) is 0 Å². The number of unbranched alkanes of at least 4 members (excludes halogenated alkanes) is 4. The van der Waals surface area contributed by atoms with Crippen LogP contribution in [0.15, 0.2) is 12.2 Å². The first-order valence-corrected chi connectivity index (χ1v) is 5.13. The molecule has 0 bridgehead atoms. The maximum absolute atomic E-state index is 8.38. The second-order valence-electron chi connectivity index (χ2n) is 3.02. The summed E-state index contributed by atoms with van der Waals surface area (Å²) in [5.74, 6) is 5.54. The fourth-order valence-corrected chi connectivity index (χ4v) is 1.01. The summed E-state index contributed by atoms with van der Waals surface area (Å²) in [6.45, 7) is 2.20. The topological polar surface area (TPSA) is 20.2 Å². The predicted octanol–water partition coefficient (Wildman–Crippen LogP) is 2.90. The molecule has 0 aliphatic heterocycles. The van der Waals surface area contributed by atoms with Crippen LogP contribution in [-0.2, 0) is 0 Å². The number of aliphatic hydroxyl groups excluding tert-OH is 1. The van der Waals surface area contributed by atoms with Crippen molar-refractivity contribution in [3.05, 3.63) is 12.2 Å². The minimum atomic E-state index is -0.00760. The standard InChI is InChI=1S/C12H20O/c1-2-3-4-5-6-7-8-9-10-11-12-13/h5-6,13H,2-4,7-9,12H2,1H3/b6-5-. The van der Waals surface area contributed by atoms with Crippen molar-refractivity contribution >= 4 is 0 Å². The molecule has 0 saturated carbocycles. The van der Waals surface area contributed by atoms with Gasteiger partial charge in [0, 0.05) is 6.42 Å². The molecule has 0 aromatic heterocycles. The van der Waals surface area contributed by atoms with E-state index in [1.54, 1.807) is 0 Å². The van der Waals surface area contributed by atoms with Crippen LogP contribution in [0, 0.1) is 11.8 Å². The smallest absolute Gasteiger partial charge is 0.104 e. The van der Waals surface area contributed by atoms with E-state index in [2.05, 4.69) is 30.9 Å². The van der Waals surface area contributed by atoms with Gasteiger partial charge in [0.15, 0.2) is 0 Å². The van der Waals surface area contributed by atoms with E-state index in [0.717, 1.165) is 19.3 Å². The molecule has 0 amide bonds. The van der Waals surface area contributed by atoms with E-state index in [-0.39, 0.29) is 6.61 Å². The van der Waals surface area contributed by atoms with Crippen molar-refractivity contribution in [3.63, 3.8) is 0 Å². The van der Waals surface area contributed by atoms with Crippen LogP contribution in [0.25, 0.3) is 0 Å². The zero-order valence-electron chi connectivity index (χ0n) is 8.55. The molecule has 0 heterocycles. The lowest BCUT2D eigenvalue weighted by molar-refractivity contribution is 0.350. The maximum Gasteiger partial charge on any atom is 0.104 e. The van der Waals surface area contributed by atoms with Crippen molar-refractivity contribution < 1.29 is 5.11 Å². The van der Waals surface area contributed by atoms with E-state index in [4.69, 9.17) is 5.11 Å². The third kappa shape index (κ3) is 11.3. The van der Waals surface area contributed by atoms with Gasteiger partial charge in [-0.3, -0.25) is 0 Å². The lowest BCUT2D eigenvalue weighted by Crippen LogP contribution is -1.74. The zero-order valence-corrected chi connectivity index (χ0v) is 8.55. The van der Waals surface area contributed by atoms with Crippen molar-refractivity contribution in [1.29, 1.82) is 0 Å². The highest BCUT2D eigenvalue weighted by Crippen LogP contribution is 1.99. The van der Waals surface area contributed by atoms with Gasteiger partial charge in [0.1, 0.15) is 6.61 Å². The third-order valence-corrected chi connectivity index (χ3v) is 1.77. The van der Waals surface area contributed by atoms with Crippen LogP contribution in [0.3, 0.4) is 0 Å². The molecule has 0 rings (SSSR count). The fraction of sp³-hybridized carbons (Fsp3) is 0.667. The first-order valence-electron chi connectivity index (χ1n) is 5.13. The second-order valence-corrected chi connectivity index (χ2v) is 3.02. The van der Waals surface area contributed by atoms with Gasteiger partial charge in [-0.1, -0.05) is 37.8 Å². The molecule has 0 unspecified atom stereocenters. The van der Waals surface area contributed by atoms with E-state index in [1.807, 2.05) is 0 Å². The first kappa shape index (κ1) is 12.3. The van der Waals surface area contributed by atoms with Crippen LogP contribution in [0.1, 0.15) is 45.4 Å². The highest BCUT2D eigenvalue weighted by molar-refractivity contribution is 4.98. The first-order chi connectivity index (χ1) is 6.41. The van der Waals surface area contributed by atoms with Gasteiger partial charge < -0.3 is 5.11 Å². The minimum Gasteiger partial charge on any atom is -0.384 e. The van der Waals surface area contributed by atoms with E-state index in [1.165, 1.54) is 19.3 Å². The van der Waals surface area contributed by atoms with Crippen LogP contribution >= 0.6 is 0 Å². The van der Waals surface area contributed by atoms with Crippen LogP contribution in [0.2, 0.25) is 0 Å². The molecular weight excluding hydrogens is 160 g/mol. The average Bonchev–Trinajstić information content (AvgIpc) is 2.16. The number of allylic oxidation sites excluding steroid dienone is 2. The van der Waals surface area contributed by atoms with Gasteiger partial charge >= 0.3 is 0 Å². The van der Waals surface area contributed by atoms with E-state index in [0.29, 0.717) is 0 Å². The Hall–Kier alpha value is -0.740. The molecule has 13 heavy (non-hydrogen) atoms. The lowest BCUT2D eigenvalue weighted by Gasteiger charge is -1.89. The summed E-state index contributed by atoms with van der Waals surface area (Å²) in [5.41, 5.74) is 0. The second kappa shape index (κ2) is 11.3. The van der Waals surface area contributed by atoms with Crippen molar-refractivity contribution in [3.8, 4) is 11.8 Å². The molecule has 0 radical (unpaired) electrons. The van der Waals surface area contributed by atoms with Crippen molar-refractivity contribution in [2.24, 2.45) is 0 Å². The van der Waals surface area contributed by atoms with E-state index >= 15 is 0 Å². The van der Waals surface area contributed by atoms with Crippen LogP contribution in [0.5, 0.6) is 0 Å². The highest BCUT2D eigenvalue weighted by atomic mass is 16.2. The van der Waals surface area contributed by atoms with E-state index < -0.39 is 0 Å². The molecule has 0 aromatic rings. The van der Waals surface area contributed by atoms with Crippen molar-refractivity contribution in [2.45, 2.75) is 45.4 Å². The Kier molecular flexibility index (Phi) is 10.6. The summed E-state index contributed by atoms with van der Waals surface area (Å²) in [6, 6.07) is 0. The molecule has 0 aliphatic rings. The fourth-order valence-electron chi connectivity index (χ4n) is 1.01. The number of aliphatic hydroxyl groups is 1. The molecule has 0 fully saturated rings. The molecule has 1 heteroatoms. The van der Waals surface area contributed by atoms with Crippen molar-refractivity contribution in [2.75, 3.05) is 6.61 Å². The van der Waals surface area contributed by atoms with Gasteiger partial charge in [-0.15, -0.1) is 5.92 Å². The molecule has 74 valence electrons. The van der Waals surface area contributed by atoms with Crippen molar-refractivity contribution in [1.82, 2.24) is 0 Å². The maximum atomic E-state index is 8.38. The lowest BCUT2D eigenvalue weighted by atomic mass is 10.2. The summed E-state index contributed by atoms with van der Waals surface area (Å²) in [7, 11) is 0. The van der Waals surface area contributed by atoms with Gasteiger partial charge in [-0.05, 0) is 19.3 Å². The van der Waals surface area contributed by atoms with Crippen LogP contribution in [-0.4, -0.2) is 11.7 Å². The Balaban J connectivity index is 3.10. The monoisotopic (exact) mass is 180 g/mol. The molecule has 0 atom stereocenters. The summed E-state index contributed by atoms with van der Waals surface area (Å²) in [4.78, 5) is 0. The number of rotatable bonds is 6. The molecule has 0 saturated heterocycles. The van der Waals surface area contributed by atoms with Crippen LogP contribution in [0.4, 0.5) is 0 Å². The Morgan fingerprint density at radius 1 is 1.08 bits per heavy atom. The summed E-state index contributed by atoms with van der Waals surface area (Å²) in [6.07, 6.45) is 11.4. The molecule has 1 N–H and O–H groups in total. The Labute approximate surface area is 81.9 Å². The normalized spacial score (nSPS) is 10.0. The minimum absolute atomic E-state index is 0.00760. The van der Waals surface area contributed by atoms with Gasteiger partial charge in [0.2, 0.25) is 0 Å². The molecule has 0 spiro atoms. The summed E-state index contributed by atoms with van der Waals surface area (Å²) < 4.78 is 0. The predicted molar refractivity (Wildman–Crippen MR) is 57.4 cm³/mol. The summed E-state index contributed by atoms with van der Waals surface area (Å²) in [5, 5.41) is 8.38. The van der Waals surface area contributed by atoms with Crippen LogP contribution < -0.4 is 0 Å². The molecular formula is C12H20O. The molecule has 1 nitrogen and oxygen atoms in total. The SMILES string of the molecule is CCCC/C=C\CCCC#CCO. The number of hydrogen-bond donors (Lipinski definition) is 1. The van der Waals surface area contributed by atoms with E-state index in [9.17, 15) is 0 Å².